The van der Waals surface area contributed by atoms with Crippen LogP contribution in [0.2, 0.25) is 0 Å². The average Bonchev–Trinajstić information content (AvgIpc) is 2.96. The summed E-state index contributed by atoms with van der Waals surface area (Å²) in [6.45, 7) is 4.56. The second-order valence-corrected chi connectivity index (χ2v) is 12.1. The molecule has 2 aromatic heterocycles. The molecule has 4 heterocycles. The minimum Gasteiger partial charge on any atom is -0.351 e. The van der Waals surface area contributed by atoms with Gasteiger partial charge in [-0.15, -0.1) is 0 Å². The lowest BCUT2D eigenvalue weighted by atomic mass is 9.98. The van der Waals surface area contributed by atoms with Gasteiger partial charge in [0.05, 0.1) is 10.4 Å². The molecule has 1 fully saturated rings. The molecule has 8 nitrogen and oxygen atoms in total. The first kappa shape index (κ1) is 24.9. The van der Waals surface area contributed by atoms with Gasteiger partial charge >= 0.3 is 0 Å². The summed E-state index contributed by atoms with van der Waals surface area (Å²) in [6, 6.07) is 14.3. The van der Waals surface area contributed by atoms with Gasteiger partial charge in [0, 0.05) is 55.6 Å². The fraction of sp³-hybridized carbons (Fsp3) is 0.345. The molecule has 1 N–H and O–H groups in total. The van der Waals surface area contributed by atoms with E-state index in [0.717, 1.165) is 64.8 Å². The third kappa shape index (κ3) is 4.55. The Kier molecular flexibility index (Phi) is 6.59. The molecular weight excluding hydrogens is 496 g/mol. The third-order valence-corrected chi connectivity index (χ3v) is 9.79. The molecule has 2 aliphatic heterocycles. The molecule has 38 heavy (non-hydrogen) atoms. The first-order valence-corrected chi connectivity index (χ1v) is 14.6. The van der Waals surface area contributed by atoms with Crippen molar-refractivity contribution in [2.45, 2.75) is 43.7 Å². The maximum Gasteiger partial charge on any atom is 0.243 e. The number of piperidine rings is 1. The number of anilines is 1. The molecule has 0 amide bonds. The fourth-order valence-electron chi connectivity index (χ4n) is 5.69. The van der Waals surface area contributed by atoms with Crippen LogP contribution in [0.4, 0.5) is 5.82 Å². The maximum atomic E-state index is 13.5. The standard InChI is InChI=1S/C29H32N6O2S/c1-20-14-23(22-4-3-10-31-17-22)16-27-28(20)32-19-33-29(27)34-11-7-21-5-6-26(15-24(21)18-34)38(36,37)35-12-8-25(30-2)9-13-35/h3-6,10,14-17,19,25,30H,7-9,11-13,18H2,1-2H3. The van der Waals surface area contributed by atoms with Crippen molar-refractivity contribution >= 4 is 26.7 Å². The number of rotatable bonds is 5. The summed E-state index contributed by atoms with van der Waals surface area (Å²) in [6.07, 6.45) is 7.75. The molecule has 1 saturated heterocycles. The Morgan fingerprint density at radius 1 is 0.974 bits per heavy atom. The topological polar surface area (TPSA) is 91.3 Å². The van der Waals surface area contributed by atoms with Crippen LogP contribution in [-0.2, 0) is 23.0 Å². The van der Waals surface area contributed by atoms with Gasteiger partial charge in [-0.2, -0.15) is 4.31 Å². The van der Waals surface area contributed by atoms with Crippen LogP contribution in [0.15, 0.2) is 66.1 Å². The van der Waals surface area contributed by atoms with Crippen molar-refractivity contribution in [1.82, 2.24) is 24.6 Å². The highest BCUT2D eigenvalue weighted by molar-refractivity contribution is 7.89. The second-order valence-electron chi connectivity index (χ2n) is 10.2. The lowest BCUT2D eigenvalue weighted by Crippen LogP contribution is -2.43. The van der Waals surface area contributed by atoms with Crippen molar-refractivity contribution in [1.29, 1.82) is 0 Å². The molecule has 0 spiro atoms. The van der Waals surface area contributed by atoms with Crippen molar-refractivity contribution in [3.63, 3.8) is 0 Å². The Bertz CT molecular complexity index is 1580. The quantitative estimate of drug-likeness (QED) is 0.420. The highest BCUT2D eigenvalue weighted by atomic mass is 32.2. The van der Waals surface area contributed by atoms with E-state index in [1.54, 1.807) is 22.9 Å². The van der Waals surface area contributed by atoms with Crippen molar-refractivity contribution in [3.8, 4) is 11.1 Å². The molecule has 6 rings (SSSR count). The van der Waals surface area contributed by atoms with Crippen LogP contribution in [0.5, 0.6) is 0 Å². The van der Waals surface area contributed by atoms with E-state index in [4.69, 9.17) is 4.98 Å². The molecule has 0 saturated carbocycles. The third-order valence-electron chi connectivity index (χ3n) is 7.89. The Morgan fingerprint density at radius 3 is 2.58 bits per heavy atom. The first-order valence-electron chi connectivity index (χ1n) is 13.1. The van der Waals surface area contributed by atoms with E-state index < -0.39 is 10.0 Å². The minimum absolute atomic E-state index is 0.378. The molecule has 0 atom stereocenters. The van der Waals surface area contributed by atoms with Gasteiger partial charge in [-0.3, -0.25) is 4.98 Å². The van der Waals surface area contributed by atoms with Crippen LogP contribution in [-0.4, -0.2) is 60.4 Å². The molecule has 4 aromatic rings. The average molecular weight is 529 g/mol. The predicted octanol–water partition coefficient (Wildman–Crippen LogP) is 3.94. The summed E-state index contributed by atoms with van der Waals surface area (Å²) in [5.41, 5.74) is 6.36. The van der Waals surface area contributed by atoms with Crippen molar-refractivity contribution in [2.75, 3.05) is 31.6 Å². The van der Waals surface area contributed by atoms with Crippen LogP contribution < -0.4 is 10.2 Å². The van der Waals surface area contributed by atoms with Gasteiger partial charge in [-0.25, -0.2) is 18.4 Å². The van der Waals surface area contributed by atoms with Crippen molar-refractivity contribution < 1.29 is 8.42 Å². The van der Waals surface area contributed by atoms with E-state index >= 15 is 0 Å². The summed E-state index contributed by atoms with van der Waals surface area (Å²) in [5.74, 6) is 0.872. The number of nitrogens with one attached hydrogen (secondary N) is 1. The van der Waals surface area contributed by atoms with Gasteiger partial charge in [-0.1, -0.05) is 12.1 Å². The van der Waals surface area contributed by atoms with E-state index in [-0.39, 0.29) is 0 Å². The molecule has 2 aliphatic rings. The maximum absolute atomic E-state index is 13.5. The molecule has 9 heteroatoms. The van der Waals surface area contributed by atoms with Crippen LogP contribution in [0.3, 0.4) is 0 Å². The van der Waals surface area contributed by atoms with Crippen molar-refractivity contribution in [3.05, 3.63) is 77.9 Å². The van der Waals surface area contributed by atoms with Gasteiger partial charge in [-0.05, 0) is 85.8 Å². The molecule has 0 aliphatic carbocycles. The van der Waals surface area contributed by atoms with Gasteiger partial charge in [0.25, 0.3) is 0 Å². The Balaban J connectivity index is 1.33. The summed E-state index contributed by atoms with van der Waals surface area (Å²) in [4.78, 5) is 16.2. The lowest BCUT2D eigenvalue weighted by molar-refractivity contribution is 0.298. The molecule has 2 aromatic carbocycles. The Morgan fingerprint density at radius 2 is 1.82 bits per heavy atom. The summed E-state index contributed by atoms with van der Waals surface area (Å²) in [5, 5.41) is 4.26. The van der Waals surface area contributed by atoms with Gasteiger partial charge < -0.3 is 10.2 Å². The lowest BCUT2D eigenvalue weighted by Gasteiger charge is -2.32. The highest BCUT2D eigenvalue weighted by Crippen LogP contribution is 2.34. The number of benzene rings is 2. The van der Waals surface area contributed by atoms with Crippen LogP contribution >= 0.6 is 0 Å². The first-order chi connectivity index (χ1) is 18.4. The zero-order valence-electron chi connectivity index (χ0n) is 21.8. The second kappa shape index (κ2) is 10.1. The number of pyridine rings is 1. The number of fused-ring (bicyclic) bond motifs is 2. The molecule has 0 unspecified atom stereocenters. The highest BCUT2D eigenvalue weighted by Gasteiger charge is 2.30. The normalized spacial score (nSPS) is 17.1. The Labute approximate surface area is 223 Å². The number of nitrogens with zero attached hydrogens (tertiary/aromatic N) is 5. The van der Waals surface area contributed by atoms with E-state index in [1.807, 2.05) is 31.4 Å². The minimum atomic E-state index is -3.53. The largest absolute Gasteiger partial charge is 0.351 e. The summed E-state index contributed by atoms with van der Waals surface area (Å²) in [7, 11) is -1.59. The smallest absolute Gasteiger partial charge is 0.243 e. The van der Waals surface area contributed by atoms with E-state index in [9.17, 15) is 8.42 Å². The van der Waals surface area contributed by atoms with E-state index in [1.165, 1.54) is 5.56 Å². The molecule has 0 bridgehead atoms. The van der Waals surface area contributed by atoms with E-state index in [0.29, 0.717) is 30.6 Å². The zero-order valence-corrected chi connectivity index (χ0v) is 22.6. The van der Waals surface area contributed by atoms with E-state index in [2.05, 4.69) is 45.3 Å². The zero-order chi connectivity index (χ0) is 26.3. The predicted molar refractivity (Wildman–Crippen MR) is 150 cm³/mol. The Hall–Kier alpha value is -3.40. The summed E-state index contributed by atoms with van der Waals surface area (Å²) >= 11 is 0. The number of sulfonamides is 1. The number of hydrogen-bond donors (Lipinski definition) is 1. The molecule has 196 valence electrons. The number of aryl methyl sites for hydroxylation is 1. The SMILES string of the molecule is CNC1CCN(S(=O)(=O)c2ccc3c(c2)CN(c2ncnc4c(C)cc(-c5cccnc5)cc24)CC3)CC1. The van der Waals surface area contributed by atoms with Crippen LogP contribution in [0.25, 0.3) is 22.0 Å². The fourth-order valence-corrected chi connectivity index (χ4v) is 7.21. The molecule has 0 radical (unpaired) electrons. The number of hydrogen-bond acceptors (Lipinski definition) is 7. The van der Waals surface area contributed by atoms with Crippen LogP contribution in [0, 0.1) is 6.92 Å². The summed E-state index contributed by atoms with van der Waals surface area (Å²) < 4.78 is 28.6. The molecular formula is C29H32N6O2S. The van der Waals surface area contributed by atoms with Gasteiger partial charge in [0.2, 0.25) is 10.0 Å². The van der Waals surface area contributed by atoms with Crippen molar-refractivity contribution in [2.24, 2.45) is 0 Å². The van der Waals surface area contributed by atoms with Gasteiger partial charge in [0.1, 0.15) is 12.1 Å². The monoisotopic (exact) mass is 528 g/mol. The van der Waals surface area contributed by atoms with Gasteiger partial charge in [0.15, 0.2) is 0 Å². The van der Waals surface area contributed by atoms with Crippen LogP contribution in [0.1, 0.15) is 29.5 Å². The number of aromatic nitrogens is 3.